The number of para-hydroxylation sites is 1. The molecule has 0 saturated carbocycles. The second-order valence-electron chi connectivity index (χ2n) is 3.86. The van der Waals surface area contributed by atoms with E-state index < -0.39 is 23.9 Å². The van der Waals surface area contributed by atoms with E-state index >= 15 is 0 Å². The van der Waals surface area contributed by atoms with Crippen LogP contribution >= 0.6 is 0 Å². The fourth-order valence-electron chi connectivity index (χ4n) is 1.53. The number of alkyl halides is 2. The van der Waals surface area contributed by atoms with Crippen molar-refractivity contribution in [3.8, 4) is 5.75 Å². The average molecular weight is 281 g/mol. The number of anilines is 1. The van der Waals surface area contributed by atoms with Gasteiger partial charge < -0.3 is 4.74 Å². The Morgan fingerprint density at radius 3 is 2.45 bits per heavy atom. The first-order valence-electron chi connectivity index (χ1n) is 5.68. The van der Waals surface area contributed by atoms with Crippen LogP contribution in [0.15, 0.2) is 48.5 Å². The summed E-state index contributed by atoms with van der Waals surface area (Å²) < 4.78 is 43.0. The Labute approximate surface area is 113 Å². The summed E-state index contributed by atoms with van der Waals surface area (Å²) in [6, 6.07) is 11.1. The second kappa shape index (κ2) is 6.10. The number of halogens is 3. The molecule has 1 N–H and O–H groups in total. The summed E-state index contributed by atoms with van der Waals surface area (Å²) in [7, 11) is 0. The Morgan fingerprint density at radius 2 is 1.80 bits per heavy atom. The molecular formula is C14H10F3NO2. The second-order valence-corrected chi connectivity index (χ2v) is 3.86. The molecule has 2 rings (SSSR count). The number of ether oxygens (including phenoxy) is 1. The van der Waals surface area contributed by atoms with E-state index in [0.717, 1.165) is 12.1 Å². The third-order valence-corrected chi connectivity index (χ3v) is 2.43. The smallest absolute Gasteiger partial charge is 0.410 e. The van der Waals surface area contributed by atoms with Gasteiger partial charge in [0.15, 0.2) is 0 Å². The van der Waals surface area contributed by atoms with E-state index in [1.54, 1.807) is 30.3 Å². The molecule has 0 fully saturated rings. The maximum atomic E-state index is 13.1. The predicted molar refractivity (Wildman–Crippen MR) is 67.4 cm³/mol. The third kappa shape index (κ3) is 3.50. The predicted octanol–water partition coefficient (Wildman–Crippen LogP) is 4.37. The van der Waals surface area contributed by atoms with Crippen molar-refractivity contribution >= 4 is 11.8 Å². The molecule has 2 aromatic carbocycles. The Kier molecular flexibility index (Phi) is 4.24. The lowest BCUT2D eigenvalue weighted by Gasteiger charge is -2.08. The normalized spacial score (nSPS) is 10.4. The van der Waals surface area contributed by atoms with Crippen LogP contribution in [0.4, 0.5) is 23.7 Å². The van der Waals surface area contributed by atoms with E-state index in [0.29, 0.717) is 5.75 Å². The Hall–Kier alpha value is -2.50. The van der Waals surface area contributed by atoms with Crippen molar-refractivity contribution < 1.29 is 22.7 Å². The van der Waals surface area contributed by atoms with Crippen molar-refractivity contribution in [3.05, 3.63) is 59.9 Å². The zero-order valence-electron chi connectivity index (χ0n) is 10.1. The maximum Gasteiger partial charge on any atom is 0.417 e. The summed E-state index contributed by atoms with van der Waals surface area (Å²) in [5.41, 5.74) is -0.745. The molecule has 0 aromatic heterocycles. The van der Waals surface area contributed by atoms with Crippen molar-refractivity contribution in [2.75, 3.05) is 5.32 Å². The van der Waals surface area contributed by atoms with E-state index in [1.165, 1.54) is 6.07 Å². The van der Waals surface area contributed by atoms with Crippen LogP contribution in [0, 0.1) is 5.82 Å². The standard InChI is InChI=1S/C14H10F3NO2/c15-12-7-6-9(8-11(12)13(16)17)18-14(19)20-10-4-2-1-3-5-10/h1-8,13H,(H,18,19). The highest BCUT2D eigenvalue weighted by Gasteiger charge is 2.15. The van der Waals surface area contributed by atoms with Crippen LogP contribution in [0.1, 0.15) is 12.0 Å². The first-order valence-corrected chi connectivity index (χ1v) is 5.68. The summed E-state index contributed by atoms with van der Waals surface area (Å²) in [5, 5.41) is 2.25. The summed E-state index contributed by atoms with van der Waals surface area (Å²) in [6.07, 6.45) is -3.80. The van der Waals surface area contributed by atoms with Crippen LogP contribution in [0.2, 0.25) is 0 Å². The van der Waals surface area contributed by atoms with Gasteiger partial charge >= 0.3 is 6.09 Å². The molecule has 3 nitrogen and oxygen atoms in total. The van der Waals surface area contributed by atoms with E-state index in [9.17, 15) is 18.0 Å². The van der Waals surface area contributed by atoms with E-state index in [2.05, 4.69) is 5.32 Å². The highest BCUT2D eigenvalue weighted by Crippen LogP contribution is 2.25. The van der Waals surface area contributed by atoms with Gasteiger partial charge in [0.2, 0.25) is 0 Å². The van der Waals surface area contributed by atoms with Crippen LogP contribution in [0.25, 0.3) is 0 Å². The topological polar surface area (TPSA) is 38.3 Å². The monoisotopic (exact) mass is 281 g/mol. The first kappa shape index (κ1) is 13.9. The molecule has 0 radical (unpaired) electrons. The molecule has 0 atom stereocenters. The zero-order valence-corrected chi connectivity index (χ0v) is 10.1. The molecule has 0 aliphatic heterocycles. The van der Waals surface area contributed by atoms with Crippen LogP contribution in [0.5, 0.6) is 5.75 Å². The Balaban J connectivity index is 2.06. The number of hydrogen-bond donors (Lipinski definition) is 1. The molecule has 0 saturated heterocycles. The quantitative estimate of drug-likeness (QED) is 0.907. The summed E-state index contributed by atoms with van der Waals surface area (Å²) in [6.45, 7) is 0. The van der Waals surface area contributed by atoms with Crippen molar-refractivity contribution in [3.63, 3.8) is 0 Å². The van der Waals surface area contributed by atoms with Gasteiger partial charge in [0.25, 0.3) is 6.43 Å². The van der Waals surface area contributed by atoms with E-state index in [1.807, 2.05) is 0 Å². The van der Waals surface area contributed by atoms with Crippen molar-refractivity contribution in [1.29, 1.82) is 0 Å². The van der Waals surface area contributed by atoms with Gasteiger partial charge in [-0.15, -0.1) is 0 Å². The van der Waals surface area contributed by atoms with Crippen LogP contribution in [0.3, 0.4) is 0 Å². The minimum Gasteiger partial charge on any atom is -0.410 e. The fraction of sp³-hybridized carbons (Fsp3) is 0.0714. The fourth-order valence-corrected chi connectivity index (χ4v) is 1.53. The molecule has 20 heavy (non-hydrogen) atoms. The van der Waals surface area contributed by atoms with E-state index in [4.69, 9.17) is 4.74 Å². The Bertz CT molecular complexity index is 603. The number of nitrogens with one attached hydrogen (secondary N) is 1. The van der Waals surface area contributed by atoms with Crippen molar-refractivity contribution in [2.45, 2.75) is 6.43 Å². The number of benzene rings is 2. The summed E-state index contributed by atoms with van der Waals surface area (Å²) in [4.78, 5) is 11.5. The molecule has 104 valence electrons. The van der Waals surface area contributed by atoms with Crippen molar-refractivity contribution in [1.82, 2.24) is 0 Å². The number of carbonyl (C=O) groups excluding carboxylic acids is 1. The molecule has 0 heterocycles. The highest BCUT2D eigenvalue weighted by molar-refractivity contribution is 5.86. The van der Waals surface area contributed by atoms with Crippen molar-refractivity contribution in [2.24, 2.45) is 0 Å². The number of rotatable bonds is 3. The average Bonchev–Trinajstić information content (AvgIpc) is 2.41. The number of hydrogen-bond acceptors (Lipinski definition) is 2. The molecular weight excluding hydrogens is 271 g/mol. The first-order chi connectivity index (χ1) is 9.56. The molecule has 0 unspecified atom stereocenters. The SMILES string of the molecule is O=C(Nc1ccc(F)c(C(F)F)c1)Oc1ccccc1. The van der Waals surface area contributed by atoms with Crippen LogP contribution < -0.4 is 10.1 Å². The summed E-state index contributed by atoms with van der Waals surface area (Å²) in [5.74, 6) is -0.719. The minimum atomic E-state index is -2.96. The van der Waals surface area contributed by atoms with Gasteiger partial charge in [0, 0.05) is 5.69 Å². The lowest BCUT2D eigenvalue weighted by molar-refractivity contribution is 0.146. The molecule has 1 amide bonds. The molecule has 0 bridgehead atoms. The molecule has 6 heteroatoms. The van der Waals surface area contributed by atoms with Crippen LogP contribution in [-0.4, -0.2) is 6.09 Å². The molecule has 0 spiro atoms. The van der Waals surface area contributed by atoms with Gasteiger partial charge in [0.1, 0.15) is 11.6 Å². The highest BCUT2D eigenvalue weighted by atomic mass is 19.3. The van der Waals surface area contributed by atoms with Gasteiger partial charge in [-0.05, 0) is 30.3 Å². The molecule has 0 aliphatic rings. The van der Waals surface area contributed by atoms with Gasteiger partial charge in [-0.3, -0.25) is 5.32 Å². The number of carbonyl (C=O) groups is 1. The van der Waals surface area contributed by atoms with Gasteiger partial charge in [-0.2, -0.15) is 0 Å². The summed E-state index contributed by atoms with van der Waals surface area (Å²) >= 11 is 0. The third-order valence-electron chi connectivity index (χ3n) is 2.43. The van der Waals surface area contributed by atoms with Gasteiger partial charge in [-0.25, -0.2) is 18.0 Å². The number of amides is 1. The lowest BCUT2D eigenvalue weighted by Crippen LogP contribution is -2.16. The maximum absolute atomic E-state index is 13.1. The molecule has 0 aliphatic carbocycles. The Morgan fingerprint density at radius 1 is 1.10 bits per heavy atom. The zero-order chi connectivity index (χ0) is 14.5. The lowest BCUT2D eigenvalue weighted by atomic mass is 10.2. The van der Waals surface area contributed by atoms with Crippen LogP contribution in [-0.2, 0) is 0 Å². The van der Waals surface area contributed by atoms with Gasteiger partial charge in [-0.1, -0.05) is 18.2 Å². The molecule has 2 aromatic rings. The largest absolute Gasteiger partial charge is 0.417 e. The minimum absolute atomic E-state index is 0.0302. The van der Waals surface area contributed by atoms with E-state index in [-0.39, 0.29) is 5.69 Å². The van der Waals surface area contributed by atoms with Gasteiger partial charge in [0.05, 0.1) is 5.56 Å².